The summed E-state index contributed by atoms with van der Waals surface area (Å²) in [4.78, 5) is 25.5. The van der Waals surface area contributed by atoms with E-state index in [1.807, 2.05) is 54.6 Å². The number of benzene rings is 4. The fourth-order valence-electron chi connectivity index (χ4n) is 7.98. The molecule has 3 heterocycles. The van der Waals surface area contributed by atoms with Crippen LogP contribution in [0, 0.1) is 0 Å². The molecule has 2 N–H and O–H groups in total. The summed E-state index contributed by atoms with van der Waals surface area (Å²) in [6.45, 7) is 9.32. The number of carbonyl (C=O) groups is 2. The van der Waals surface area contributed by atoms with E-state index >= 15 is 0 Å². The average molecular weight is 700 g/mol. The summed E-state index contributed by atoms with van der Waals surface area (Å²) >= 11 is 7.04. The van der Waals surface area contributed by atoms with Crippen LogP contribution in [0.5, 0.6) is 0 Å². The number of ether oxygens (including phenoxy) is 1. The Kier molecular flexibility index (Phi) is 8.72. The molecule has 7 nitrogen and oxygen atoms in total. The molecule has 3 aliphatic rings. The van der Waals surface area contributed by atoms with Crippen LogP contribution in [0.15, 0.2) is 132 Å². The van der Waals surface area contributed by atoms with Crippen molar-refractivity contribution in [1.82, 2.24) is 0 Å². The number of rotatable bonds is 9. The molecule has 0 radical (unpaired) electrons. The molecule has 0 bridgehead atoms. The van der Waals surface area contributed by atoms with E-state index < -0.39 is 22.8 Å². The summed E-state index contributed by atoms with van der Waals surface area (Å²) in [5.74, 6) is -1.24. The van der Waals surface area contributed by atoms with E-state index in [9.17, 15) is 19.8 Å². The molecule has 0 amide bonds. The quantitative estimate of drug-likeness (QED) is 0.169. The van der Waals surface area contributed by atoms with Gasteiger partial charge in [-0.05, 0) is 77.4 Å². The molecule has 7 rings (SSSR count). The summed E-state index contributed by atoms with van der Waals surface area (Å²) < 4.78 is 8.06. The largest absolute Gasteiger partial charge is 0.481 e. The van der Waals surface area contributed by atoms with Crippen molar-refractivity contribution >= 4 is 62.2 Å². The van der Waals surface area contributed by atoms with Gasteiger partial charge in [-0.2, -0.15) is 4.58 Å². The van der Waals surface area contributed by atoms with Gasteiger partial charge < -0.3 is 19.8 Å². The summed E-state index contributed by atoms with van der Waals surface area (Å²) in [6.07, 6.45) is 11.2. The lowest BCUT2D eigenvalue weighted by Crippen LogP contribution is -2.28. The molecular formula is C43H40ClN2O5+. The first-order chi connectivity index (χ1) is 24.4. The van der Waals surface area contributed by atoms with Crippen molar-refractivity contribution in [2.45, 2.75) is 51.4 Å². The van der Waals surface area contributed by atoms with Gasteiger partial charge in [0.15, 0.2) is 12.3 Å². The Labute approximate surface area is 302 Å². The highest BCUT2D eigenvalue weighted by molar-refractivity contribution is 6.32. The zero-order valence-electron chi connectivity index (χ0n) is 29.1. The first-order valence-electron chi connectivity index (χ1n) is 17.1. The molecule has 4 aromatic carbocycles. The van der Waals surface area contributed by atoms with Gasteiger partial charge in [-0.1, -0.05) is 80.0 Å². The molecule has 0 saturated carbocycles. The Balaban J connectivity index is 1.27. The van der Waals surface area contributed by atoms with E-state index in [-0.39, 0.29) is 12.8 Å². The van der Waals surface area contributed by atoms with Crippen LogP contribution in [0.2, 0.25) is 0 Å². The number of anilines is 1. The van der Waals surface area contributed by atoms with Crippen LogP contribution in [-0.4, -0.2) is 45.5 Å². The van der Waals surface area contributed by atoms with Crippen molar-refractivity contribution in [3.63, 3.8) is 0 Å². The van der Waals surface area contributed by atoms with E-state index in [2.05, 4.69) is 85.7 Å². The highest BCUT2D eigenvalue weighted by atomic mass is 35.5. The summed E-state index contributed by atoms with van der Waals surface area (Å²) in [5.41, 5.74) is 6.16. The molecular weight excluding hydrogens is 660 g/mol. The minimum absolute atomic E-state index is 0.00205. The number of hydrogen-bond acceptors (Lipinski definition) is 4. The number of hydrogen-bond donors (Lipinski definition) is 2. The molecule has 3 aliphatic heterocycles. The fourth-order valence-corrected chi connectivity index (χ4v) is 8.21. The van der Waals surface area contributed by atoms with Gasteiger partial charge in [0.05, 0.1) is 23.1 Å². The zero-order valence-corrected chi connectivity index (χ0v) is 29.9. The van der Waals surface area contributed by atoms with E-state index in [0.29, 0.717) is 23.9 Å². The number of fused-ring (bicyclic) bond motifs is 6. The zero-order chi connectivity index (χ0) is 36.1. The average Bonchev–Trinajstić information content (AvgIpc) is 3.46. The van der Waals surface area contributed by atoms with Crippen LogP contribution in [-0.2, 0) is 25.2 Å². The van der Waals surface area contributed by atoms with Gasteiger partial charge in [-0.3, -0.25) is 9.59 Å². The van der Waals surface area contributed by atoms with Gasteiger partial charge in [0.2, 0.25) is 5.69 Å². The third kappa shape index (κ3) is 5.95. The Morgan fingerprint density at radius 3 is 2.14 bits per heavy atom. The van der Waals surface area contributed by atoms with E-state index in [0.717, 1.165) is 55.5 Å². The standard InChI is InChI=1S/C43H39ClN2O5/c1-42(2)35(45(24-21-37(47)48)32-16-13-27-9-5-7-11-30(27)39(32)42)19-15-29-23-26-51-34(41(29)44)18-20-36-43(3,4)40-31-12-8-6-10-28(31)14-17-33(40)46(36)25-22-38(49)50/h5-20,23,26H,21-22,24-25H2,1-4H3,(H-,47,48,49,50)/p+1. The minimum atomic E-state index is -0.857. The van der Waals surface area contributed by atoms with Crippen molar-refractivity contribution in [3.8, 4) is 0 Å². The predicted molar refractivity (Wildman–Crippen MR) is 204 cm³/mol. The SMILES string of the molecule is CC1(C)C(/C=C/C2=C(Cl)C(=C/C=C3/N(CCC(=O)O)c4ccc5ccccc5c4C3(C)C)/OC=C2)=[N+](CCC(=O)O)c2ccc3ccccc3c21. The van der Waals surface area contributed by atoms with Crippen molar-refractivity contribution in [3.05, 3.63) is 143 Å². The summed E-state index contributed by atoms with van der Waals surface area (Å²) in [5, 5.41) is 24.2. The lowest BCUT2D eigenvalue weighted by molar-refractivity contribution is -0.436. The first kappa shape index (κ1) is 34.1. The maximum Gasteiger partial charge on any atom is 0.309 e. The number of halogens is 1. The highest BCUT2D eigenvalue weighted by Crippen LogP contribution is 2.51. The second kappa shape index (κ2) is 13.1. The highest BCUT2D eigenvalue weighted by Gasteiger charge is 2.46. The Hall–Kier alpha value is -5.40. The first-order valence-corrected chi connectivity index (χ1v) is 17.5. The molecule has 0 unspecified atom stereocenters. The number of carboxylic acid groups (broad SMARTS) is 2. The molecule has 51 heavy (non-hydrogen) atoms. The lowest BCUT2D eigenvalue weighted by Gasteiger charge is -2.27. The monoisotopic (exact) mass is 699 g/mol. The lowest BCUT2D eigenvalue weighted by atomic mass is 9.79. The van der Waals surface area contributed by atoms with Crippen LogP contribution < -0.4 is 4.90 Å². The Bertz CT molecular complexity index is 2320. The number of aliphatic carboxylic acids is 2. The van der Waals surface area contributed by atoms with Crippen molar-refractivity contribution < 1.29 is 29.1 Å². The molecule has 0 aromatic heterocycles. The van der Waals surface area contributed by atoms with Crippen molar-refractivity contribution in [2.24, 2.45) is 0 Å². The van der Waals surface area contributed by atoms with Gasteiger partial charge in [-0.25, -0.2) is 0 Å². The van der Waals surface area contributed by atoms with Gasteiger partial charge in [-0.15, -0.1) is 0 Å². The van der Waals surface area contributed by atoms with Gasteiger partial charge in [0.1, 0.15) is 12.2 Å². The molecule has 8 heteroatoms. The fraction of sp³-hybridized carbons (Fsp3) is 0.233. The summed E-state index contributed by atoms with van der Waals surface area (Å²) in [7, 11) is 0. The molecule has 0 fully saturated rings. The van der Waals surface area contributed by atoms with Crippen LogP contribution in [0.1, 0.15) is 51.7 Å². The van der Waals surface area contributed by atoms with Crippen molar-refractivity contribution in [2.75, 3.05) is 18.0 Å². The third-order valence-corrected chi connectivity index (χ3v) is 10.7. The van der Waals surface area contributed by atoms with Crippen LogP contribution in [0.25, 0.3) is 21.5 Å². The summed E-state index contributed by atoms with van der Waals surface area (Å²) in [6, 6.07) is 24.9. The minimum Gasteiger partial charge on any atom is -0.481 e. The van der Waals surface area contributed by atoms with Crippen LogP contribution in [0.3, 0.4) is 0 Å². The Morgan fingerprint density at radius 2 is 1.45 bits per heavy atom. The number of nitrogens with zero attached hydrogens (tertiary/aromatic N) is 2. The normalized spacial score (nSPS) is 19.1. The van der Waals surface area contributed by atoms with Crippen LogP contribution in [0.4, 0.5) is 11.4 Å². The van der Waals surface area contributed by atoms with Gasteiger partial charge in [0.25, 0.3) is 0 Å². The smallest absolute Gasteiger partial charge is 0.309 e. The van der Waals surface area contributed by atoms with E-state index in [1.54, 1.807) is 6.26 Å². The number of allylic oxidation sites excluding steroid dienone is 8. The second-order valence-corrected chi connectivity index (χ2v) is 14.6. The number of carboxylic acids is 2. The van der Waals surface area contributed by atoms with Gasteiger partial charge >= 0.3 is 11.9 Å². The van der Waals surface area contributed by atoms with E-state index in [4.69, 9.17) is 16.3 Å². The predicted octanol–water partition coefficient (Wildman–Crippen LogP) is 9.48. The molecule has 0 atom stereocenters. The third-order valence-electron chi connectivity index (χ3n) is 10.3. The molecule has 0 spiro atoms. The molecule has 0 aliphatic carbocycles. The maximum absolute atomic E-state index is 11.7. The maximum atomic E-state index is 11.7. The molecule has 258 valence electrons. The van der Waals surface area contributed by atoms with Crippen LogP contribution >= 0.6 is 11.6 Å². The van der Waals surface area contributed by atoms with Gasteiger partial charge in [0, 0.05) is 46.6 Å². The molecule has 4 aromatic rings. The Morgan fingerprint density at radius 1 is 0.804 bits per heavy atom. The van der Waals surface area contributed by atoms with Crippen molar-refractivity contribution in [1.29, 1.82) is 0 Å². The van der Waals surface area contributed by atoms with E-state index in [1.165, 1.54) is 5.56 Å². The molecule has 0 saturated heterocycles. The topological polar surface area (TPSA) is 90.1 Å². The second-order valence-electron chi connectivity index (χ2n) is 14.2.